The van der Waals surface area contributed by atoms with Crippen LogP contribution in [0.2, 0.25) is 0 Å². The third kappa shape index (κ3) is 20.1. The van der Waals surface area contributed by atoms with E-state index in [1.54, 1.807) is 0 Å². The van der Waals surface area contributed by atoms with Gasteiger partial charge in [-0.05, 0) is 46.5 Å². The fourth-order valence-electron chi connectivity index (χ4n) is 7.30. The highest BCUT2D eigenvalue weighted by Gasteiger charge is 2.52. The van der Waals surface area contributed by atoms with Gasteiger partial charge >= 0.3 is 17.9 Å². The van der Waals surface area contributed by atoms with Crippen LogP contribution in [0.4, 0.5) is 0 Å². The number of aliphatic hydroxyl groups is 5. The maximum absolute atomic E-state index is 13.2. The predicted octanol–water partition coefficient (Wildman–Crippen LogP) is -7.29. The molecule has 17 N–H and O–H groups in total. The average molecular weight is 1030 g/mol. The van der Waals surface area contributed by atoms with Crippen LogP contribution in [0.15, 0.2) is 0 Å². The molecule has 0 aliphatic carbocycles. The molecule has 71 heavy (non-hydrogen) atoms. The van der Waals surface area contributed by atoms with Crippen molar-refractivity contribution in [2.45, 2.75) is 177 Å². The average Bonchev–Trinajstić information content (AvgIpc) is 3.27. The molecule has 7 amide bonds. The van der Waals surface area contributed by atoms with E-state index in [1.165, 1.54) is 20.8 Å². The van der Waals surface area contributed by atoms with Gasteiger partial charge in [-0.3, -0.25) is 43.2 Å². The highest BCUT2D eigenvalue weighted by Crippen LogP contribution is 2.31. The number of carbonyl (C=O) groups is 10. The second-order valence-electron chi connectivity index (χ2n) is 17.0. The normalized spacial score (nSPS) is 26.6. The van der Waals surface area contributed by atoms with Crippen molar-refractivity contribution in [1.29, 1.82) is 0 Å². The number of aliphatic carboxylic acids is 3. The number of ether oxygens (including phenoxy) is 4. The molecule has 2 rings (SSSR count). The Bertz CT molecular complexity index is 1860. The van der Waals surface area contributed by atoms with Crippen LogP contribution in [0, 0.1) is 0 Å². The lowest BCUT2D eigenvalue weighted by atomic mass is 9.94. The SMILES string of the molecule is CC(=O)N[C@@H]1[C@@H](OC(C)CC(=O)N[C@H](C)C(=O)N[C@H](CCC(=O)N[C@@H](CCCCNC(=O)[C@@H](N)CC(=O)O)C(=O)N[C@@H](C)C(=O)O)C(=O)O)[C@H](O[C@@H]2O[C@H](CO)[C@@H](O)[C@H](O)[C@H]2NC(C)=O)[C@@H](CO)O[C@@H]1O. The van der Waals surface area contributed by atoms with Gasteiger partial charge in [0.15, 0.2) is 12.6 Å². The molecule has 0 saturated carbocycles. The largest absolute Gasteiger partial charge is 0.481 e. The quantitative estimate of drug-likeness (QED) is 0.0310. The third-order valence-corrected chi connectivity index (χ3v) is 11.0. The minimum atomic E-state index is -1.85. The minimum absolute atomic E-state index is 0.0169. The van der Waals surface area contributed by atoms with Gasteiger partial charge < -0.3 is 103 Å². The molecule has 0 radical (unpaired) electrons. The highest BCUT2D eigenvalue weighted by atomic mass is 16.7. The summed E-state index contributed by atoms with van der Waals surface area (Å²) in [6, 6.07) is -10.1. The second-order valence-corrected chi connectivity index (χ2v) is 17.0. The molecule has 2 saturated heterocycles. The zero-order valence-corrected chi connectivity index (χ0v) is 39.7. The van der Waals surface area contributed by atoms with E-state index in [2.05, 4.69) is 37.2 Å². The van der Waals surface area contributed by atoms with Gasteiger partial charge in [0.05, 0.1) is 38.2 Å². The number of nitrogens with one attached hydrogen (secondary N) is 7. The van der Waals surface area contributed by atoms with Gasteiger partial charge in [0.2, 0.25) is 41.4 Å². The summed E-state index contributed by atoms with van der Waals surface area (Å²) >= 11 is 0. The molecule has 0 spiro atoms. The first-order valence-corrected chi connectivity index (χ1v) is 22.5. The molecule has 404 valence electrons. The van der Waals surface area contributed by atoms with E-state index in [0.29, 0.717) is 0 Å². The van der Waals surface area contributed by atoms with E-state index in [-0.39, 0.29) is 25.8 Å². The zero-order chi connectivity index (χ0) is 53.9. The molecule has 2 heterocycles. The van der Waals surface area contributed by atoms with Crippen molar-refractivity contribution in [2.24, 2.45) is 5.73 Å². The number of rotatable bonds is 29. The van der Waals surface area contributed by atoms with E-state index in [1.807, 2.05) is 0 Å². The number of hydrogen-bond acceptors (Lipinski definition) is 20. The first-order chi connectivity index (χ1) is 33.2. The minimum Gasteiger partial charge on any atom is -0.481 e. The highest BCUT2D eigenvalue weighted by molar-refractivity contribution is 5.92. The molecule has 2 fully saturated rings. The molecular formula is C41H68N8O22. The number of unbranched alkanes of at least 4 members (excludes halogenated alkanes) is 1. The summed E-state index contributed by atoms with van der Waals surface area (Å²) in [5, 5.41) is 96.5. The number of aliphatic hydroxyl groups excluding tert-OH is 5. The molecule has 0 aromatic heterocycles. The topological polar surface area (TPSA) is 480 Å². The smallest absolute Gasteiger partial charge is 0.326 e. The summed E-state index contributed by atoms with van der Waals surface area (Å²) in [5.74, 6) is -9.97. The van der Waals surface area contributed by atoms with Crippen LogP contribution in [-0.2, 0) is 66.9 Å². The number of carboxylic acid groups (broad SMARTS) is 3. The fourth-order valence-corrected chi connectivity index (χ4v) is 7.30. The van der Waals surface area contributed by atoms with Crippen LogP contribution in [0.5, 0.6) is 0 Å². The zero-order valence-electron chi connectivity index (χ0n) is 39.7. The predicted molar refractivity (Wildman–Crippen MR) is 235 cm³/mol. The van der Waals surface area contributed by atoms with Crippen molar-refractivity contribution in [3.8, 4) is 0 Å². The van der Waals surface area contributed by atoms with Gasteiger partial charge in [-0.1, -0.05) is 0 Å². The Morgan fingerprint density at radius 2 is 1.25 bits per heavy atom. The summed E-state index contributed by atoms with van der Waals surface area (Å²) in [4.78, 5) is 123. The Morgan fingerprint density at radius 3 is 1.82 bits per heavy atom. The second kappa shape index (κ2) is 29.6. The number of hydrogen-bond donors (Lipinski definition) is 16. The first kappa shape index (κ1) is 61.4. The maximum Gasteiger partial charge on any atom is 0.326 e. The number of carbonyl (C=O) groups excluding carboxylic acids is 7. The molecule has 1 unspecified atom stereocenters. The van der Waals surface area contributed by atoms with Crippen LogP contribution in [0.3, 0.4) is 0 Å². The summed E-state index contributed by atoms with van der Waals surface area (Å²) in [6.45, 7) is 4.29. The van der Waals surface area contributed by atoms with E-state index < -0.39 is 196 Å². The first-order valence-electron chi connectivity index (χ1n) is 22.5. The molecule has 0 bridgehead atoms. The summed E-state index contributed by atoms with van der Waals surface area (Å²) in [7, 11) is 0. The Balaban J connectivity index is 2.12. The van der Waals surface area contributed by atoms with Crippen molar-refractivity contribution < 1.29 is 108 Å². The lowest BCUT2D eigenvalue weighted by Crippen LogP contribution is -2.69. The Kier molecular flexibility index (Phi) is 25.6. The Hall–Kier alpha value is -5.70. The van der Waals surface area contributed by atoms with Gasteiger partial charge in [0.25, 0.3) is 0 Å². The monoisotopic (exact) mass is 1020 g/mol. The molecule has 30 heteroatoms. The maximum atomic E-state index is 13.2. The number of nitrogens with two attached hydrogens (primary N) is 1. The van der Waals surface area contributed by atoms with Crippen molar-refractivity contribution in [3.63, 3.8) is 0 Å². The van der Waals surface area contributed by atoms with Crippen molar-refractivity contribution in [1.82, 2.24) is 37.2 Å². The molecule has 0 aromatic carbocycles. The van der Waals surface area contributed by atoms with Crippen LogP contribution in [0.1, 0.15) is 79.6 Å². The van der Waals surface area contributed by atoms with E-state index in [4.69, 9.17) is 29.8 Å². The van der Waals surface area contributed by atoms with Crippen LogP contribution in [0.25, 0.3) is 0 Å². The molecule has 0 aromatic rings. The van der Waals surface area contributed by atoms with E-state index in [9.17, 15) is 83.7 Å². The van der Waals surface area contributed by atoms with E-state index in [0.717, 1.165) is 13.8 Å². The van der Waals surface area contributed by atoms with Gasteiger partial charge in [-0.15, -0.1) is 0 Å². The molecule has 16 atom stereocenters. The molecule has 30 nitrogen and oxygen atoms in total. The Labute approximate surface area is 406 Å². The van der Waals surface area contributed by atoms with Crippen LogP contribution < -0.4 is 43.0 Å². The standard InChI is InChI=1S/C41H68N8O22/c1-16(68-34-30(47-20(5)53)40(67)69-25(15-51)33(34)71-41-29(46-19(4)52)32(59)31(58)24(14-50)70-41)12-27(55)44-17(2)35(60)49-23(39(65)66)9-10-26(54)48-22(37(62)45-18(3)38(63)64)8-6-7-11-43-36(61)21(42)13-28(56)57/h16-18,21-25,29-34,40-41,50-51,58-59,67H,6-15,42H2,1-5H3,(H,43,61)(H,44,55)(H,45,62)(H,46,52)(H,47,53)(H,48,54)(H,49,60)(H,56,57)(H,63,64)(H,65,66)/t16?,17-,18+,21+,22+,23-,24-,25-,29-,30-,31-,32-,33-,34-,40+,41+/m1/s1. The fraction of sp³-hybridized carbons (Fsp3) is 0.756. The van der Waals surface area contributed by atoms with Crippen molar-refractivity contribution >= 4 is 59.3 Å². The van der Waals surface area contributed by atoms with Crippen LogP contribution in [-0.4, -0.2) is 217 Å². The lowest BCUT2D eigenvalue weighted by molar-refractivity contribution is -0.334. The van der Waals surface area contributed by atoms with Crippen LogP contribution >= 0.6 is 0 Å². The molecule has 2 aliphatic rings. The molecular weight excluding hydrogens is 956 g/mol. The molecule has 2 aliphatic heterocycles. The van der Waals surface area contributed by atoms with Gasteiger partial charge in [0.1, 0.15) is 72.9 Å². The lowest BCUT2D eigenvalue weighted by Gasteiger charge is -2.48. The number of carboxylic acids is 3. The van der Waals surface area contributed by atoms with Gasteiger partial charge in [0, 0.05) is 26.8 Å². The van der Waals surface area contributed by atoms with E-state index >= 15 is 0 Å². The van der Waals surface area contributed by atoms with Crippen molar-refractivity contribution in [2.75, 3.05) is 19.8 Å². The summed E-state index contributed by atoms with van der Waals surface area (Å²) in [5.41, 5.74) is 5.51. The van der Waals surface area contributed by atoms with Crippen molar-refractivity contribution in [3.05, 3.63) is 0 Å². The Morgan fingerprint density at radius 1 is 0.634 bits per heavy atom. The van der Waals surface area contributed by atoms with Gasteiger partial charge in [-0.2, -0.15) is 0 Å². The number of amides is 7. The third-order valence-electron chi connectivity index (χ3n) is 11.0. The summed E-state index contributed by atoms with van der Waals surface area (Å²) in [6.07, 6.45) is -16.0. The van der Waals surface area contributed by atoms with Gasteiger partial charge in [-0.25, -0.2) is 4.79 Å². The summed E-state index contributed by atoms with van der Waals surface area (Å²) < 4.78 is 23.3.